The number of fused-ring (bicyclic) bond motifs is 1. The number of benzene rings is 1. The van der Waals surface area contributed by atoms with Crippen molar-refractivity contribution in [2.75, 3.05) is 0 Å². The smallest absolute Gasteiger partial charge is 0.309 e. The van der Waals surface area contributed by atoms with Crippen LogP contribution in [0.2, 0.25) is 0 Å². The number of carboxylic acid groups (broad SMARTS) is 1. The summed E-state index contributed by atoms with van der Waals surface area (Å²) in [4.78, 5) is 15.9. The molecule has 22 heavy (non-hydrogen) atoms. The molecule has 0 aliphatic rings. The minimum atomic E-state index is -0.854. The van der Waals surface area contributed by atoms with Crippen molar-refractivity contribution in [2.45, 2.75) is 27.2 Å². The quantitative estimate of drug-likeness (QED) is 0.803. The molecule has 3 rings (SSSR count). The second-order valence-corrected chi connectivity index (χ2v) is 5.71. The molecule has 0 unspecified atom stereocenters. The molecule has 4 heteroatoms. The number of aromatic nitrogens is 2. The highest BCUT2D eigenvalue weighted by atomic mass is 16.4. The first-order chi connectivity index (χ1) is 10.5. The number of rotatable bonds is 3. The number of carboxylic acids is 1. The van der Waals surface area contributed by atoms with E-state index in [9.17, 15) is 9.90 Å². The lowest BCUT2D eigenvalue weighted by molar-refractivity contribution is -0.136. The highest BCUT2D eigenvalue weighted by molar-refractivity contribution is 5.76. The number of carbonyl (C=O) groups is 1. The van der Waals surface area contributed by atoms with Crippen LogP contribution < -0.4 is 0 Å². The van der Waals surface area contributed by atoms with Crippen LogP contribution in [0, 0.1) is 20.8 Å². The van der Waals surface area contributed by atoms with Gasteiger partial charge in [-0.25, -0.2) is 4.98 Å². The SMILES string of the molecule is Cc1ccn2c(CC(=O)O)c(-c3ccc(C)c(C)c3)nc2c1. The molecule has 0 bridgehead atoms. The summed E-state index contributed by atoms with van der Waals surface area (Å²) < 4.78 is 1.87. The van der Waals surface area contributed by atoms with Crippen LogP contribution in [0.25, 0.3) is 16.9 Å². The van der Waals surface area contributed by atoms with Gasteiger partial charge in [0.15, 0.2) is 0 Å². The topological polar surface area (TPSA) is 54.6 Å². The fraction of sp³-hybridized carbons (Fsp3) is 0.222. The molecule has 0 spiro atoms. The van der Waals surface area contributed by atoms with Crippen LogP contribution in [-0.4, -0.2) is 20.5 Å². The predicted molar refractivity (Wildman–Crippen MR) is 86.2 cm³/mol. The second kappa shape index (κ2) is 5.30. The van der Waals surface area contributed by atoms with E-state index in [1.807, 2.05) is 41.8 Å². The molecule has 0 atom stereocenters. The summed E-state index contributed by atoms with van der Waals surface area (Å²) in [6.45, 7) is 6.11. The standard InChI is InChI=1S/C18H18N2O2/c1-11-6-7-20-15(10-17(21)22)18(19-16(20)8-11)14-5-4-12(2)13(3)9-14/h4-9H,10H2,1-3H3,(H,21,22). The van der Waals surface area contributed by atoms with E-state index >= 15 is 0 Å². The Morgan fingerprint density at radius 1 is 1.14 bits per heavy atom. The maximum atomic E-state index is 11.2. The van der Waals surface area contributed by atoms with Gasteiger partial charge in [0.25, 0.3) is 0 Å². The first-order valence-electron chi connectivity index (χ1n) is 7.22. The summed E-state index contributed by atoms with van der Waals surface area (Å²) in [5.41, 5.74) is 6.69. The lowest BCUT2D eigenvalue weighted by Gasteiger charge is -2.06. The number of hydrogen-bond donors (Lipinski definition) is 1. The normalized spacial score (nSPS) is 11.0. The van der Waals surface area contributed by atoms with Crippen molar-refractivity contribution in [2.24, 2.45) is 0 Å². The van der Waals surface area contributed by atoms with Gasteiger partial charge in [-0.1, -0.05) is 12.1 Å². The van der Waals surface area contributed by atoms with E-state index in [0.29, 0.717) is 5.69 Å². The highest BCUT2D eigenvalue weighted by Gasteiger charge is 2.17. The molecule has 0 saturated carbocycles. The van der Waals surface area contributed by atoms with Gasteiger partial charge in [0, 0.05) is 11.8 Å². The molecule has 2 heterocycles. The minimum absolute atomic E-state index is 0.0491. The maximum Gasteiger partial charge on any atom is 0.309 e. The summed E-state index contributed by atoms with van der Waals surface area (Å²) in [7, 11) is 0. The molecule has 2 aromatic heterocycles. The van der Waals surface area contributed by atoms with Gasteiger partial charge in [-0.15, -0.1) is 0 Å². The Labute approximate surface area is 129 Å². The molecule has 1 aromatic carbocycles. The van der Waals surface area contributed by atoms with Crippen molar-refractivity contribution >= 4 is 11.6 Å². The minimum Gasteiger partial charge on any atom is -0.481 e. The van der Waals surface area contributed by atoms with Crippen LogP contribution in [-0.2, 0) is 11.2 Å². The molecule has 112 valence electrons. The van der Waals surface area contributed by atoms with E-state index in [2.05, 4.69) is 24.9 Å². The monoisotopic (exact) mass is 294 g/mol. The Bertz CT molecular complexity index is 878. The Kier molecular flexibility index (Phi) is 3.45. The molecular formula is C18H18N2O2. The van der Waals surface area contributed by atoms with Gasteiger partial charge in [-0.3, -0.25) is 4.79 Å². The zero-order chi connectivity index (χ0) is 15.9. The maximum absolute atomic E-state index is 11.2. The second-order valence-electron chi connectivity index (χ2n) is 5.71. The number of aryl methyl sites for hydroxylation is 3. The zero-order valence-electron chi connectivity index (χ0n) is 12.9. The molecule has 0 saturated heterocycles. The number of nitrogens with zero attached hydrogens (tertiary/aromatic N) is 2. The van der Waals surface area contributed by atoms with Crippen LogP contribution in [0.3, 0.4) is 0 Å². The van der Waals surface area contributed by atoms with Crippen molar-refractivity contribution < 1.29 is 9.90 Å². The van der Waals surface area contributed by atoms with Crippen LogP contribution in [0.5, 0.6) is 0 Å². The Morgan fingerprint density at radius 2 is 1.91 bits per heavy atom. The third kappa shape index (κ3) is 2.48. The summed E-state index contributed by atoms with van der Waals surface area (Å²) >= 11 is 0. The number of aliphatic carboxylic acids is 1. The van der Waals surface area contributed by atoms with E-state index in [0.717, 1.165) is 22.5 Å². The molecule has 3 aromatic rings. The van der Waals surface area contributed by atoms with Crippen LogP contribution in [0.4, 0.5) is 0 Å². The number of hydrogen-bond acceptors (Lipinski definition) is 2. The Hall–Kier alpha value is -2.62. The average Bonchev–Trinajstić information content (AvgIpc) is 2.79. The summed E-state index contributed by atoms with van der Waals surface area (Å²) in [5.74, 6) is -0.854. The highest BCUT2D eigenvalue weighted by Crippen LogP contribution is 2.27. The van der Waals surface area contributed by atoms with Crippen LogP contribution in [0.1, 0.15) is 22.4 Å². The summed E-state index contributed by atoms with van der Waals surface area (Å²) in [6, 6.07) is 10.0. The summed E-state index contributed by atoms with van der Waals surface area (Å²) in [6.07, 6.45) is 1.84. The van der Waals surface area contributed by atoms with Gasteiger partial charge in [-0.05, 0) is 55.7 Å². The van der Waals surface area contributed by atoms with E-state index in [-0.39, 0.29) is 6.42 Å². The van der Waals surface area contributed by atoms with Crippen LogP contribution in [0.15, 0.2) is 36.5 Å². The van der Waals surface area contributed by atoms with E-state index in [4.69, 9.17) is 0 Å². The zero-order valence-corrected chi connectivity index (χ0v) is 12.9. The third-order valence-corrected chi connectivity index (χ3v) is 3.98. The fourth-order valence-electron chi connectivity index (χ4n) is 2.63. The first-order valence-corrected chi connectivity index (χ1v) is 7.22. The molecule has 0 fully saturated rings. The molecule has 0 aliphatic carbocycles. The van der Waals surface area contributed by atoms with Crippen molar-refractivity contribution in [1.82, 2.24) is 9.38 Å². The fourth-order valence-corrected chi connectivity index (χ4v) is 2.63. The lowest BCUT2D eigenvalue weighted by Crippen LogP contribution is -2.04. The van der Waals surface area contributed by atoms with E-state index in [1.165, 1.54) is 11.1 Å². The van der Waals surface area contributed by atoms with E-state index in [1.54, 1.807) is 0 Å². The molecular weight excluding hydrogens is 276 g/mol. The third-order valence-electron chi connectivity index (χ3n) is 3.98. The Balaban J connectivity index is 2.26. The van der Waals surface area contributed by atoms with Crippen molar-refractivity contribution in [3.8, 4) is 11.3 Å². The molecule has 1 N–H and O–H groups in total. The first kappa shape index (κ1) is 14.3. The van der Waals surface area contributed by atoms with E-state index < -0.39 is 5.97 Å². The number of imidazole rings is 1. The molecule has 0 aliphatic heterocycles. The van der Waals surface area contributed by atoms with Gasteiger partial charge in [0.1, 0.15) is 5.65 Å². The lowest BCUT2D eigenvalue weighted by atomic mass is 10.0. The molecule has 0 radical (unpaired) electrons. The van der Waals surface area contributed by atoms with Gasteiger partial charge >= 0.3 is 5.97 Å². The van der Waals surface area contributed by atoms with Gasteiger partial charge < -0.3 is 9.51 Å². The van der Waals surface area contributed by atoms with Crippen molar-refractivity contribution in [3.05, 3.63) is 58.9 Å². The van der Waals surface area contributed by atoms with Gasteiger partial charge in [0.05, 0.1) is 17.8 Å². The molecule has 4 nitrogen and oxygen atoms in total. The van der Waals surface area contributed by atoms with Crippen LogP contribution >= 0.6 is 0 Å². The van der Waals surface area contributed by atoms with Gasteiger partial charge in [0.2, 0.25) is 0 Å². The van der Waals surface area contributed by atoms with Gasteiger partial charge in [-0.2, -0.15) is 0 Å². The summed E-state index contributed by atoms with van der Waals surface area (Å²) in [5, 5.41) is 9.23. The largest absolute Gasteiger partial charge is 0.481 e. The average molecular weight is 294 g/mol. The number of pyridine rings is 1. The Morgan fingerprint density at radius 3 is 2.59 bits per heavy atom. The molecule has 0 amide bonds. The van der Waals surface area contributed by atoms with Crippen molar-refractivity contribution in [1.29, 1.82) is 0 Å². The van der Waals surface area contributed by atoms with Crippen molar-refractivity contribution in [3.63, 3.8) is 0 Å². The predicted octanol–water partition coefficient (Wildman–Crippen LogP) is 3.55.